The third-order valence-electron chi connectivity index (χ3n) is 3.49. The number of benzene rings is 1. The second kappa shape index (κ2) is 7.04. The highest BCUT2D eigenvalue weighted by Crippen LogP contribution is 2.33. The normalized spacial score (nSPS) is 13.5. The number of carbonyl (C=O) groups is 1. The van der Waals surface area contributed by atoms with Gasteiger partial charge in [-0.05, 0) is 25.1 Å². The molecule has 0 saturated heterocycles. The van der Waals surface area contributed by atoms with E-state index in [2.05, 4.69) is 10.4 Å². The number of alkyl halides is 3. The number of halogens is 3. The Labute approximate surface area is 149 Å². The van der Waals surface area contributed by atoms with Crippen LogP contribution in [-0.2, 0) is 17.5 Å². The average molecular weight is 383 g/mol. The maximum absolute atomic E-state index is 13.0. The summed E-state index contributed by atoms with van der Waals surface area (Å²) < 4.78 is 39.8. The Hall–Kier alpha value is -3.46. The molecule has 0 radical (unpaired) electrons. The molecule has 2 N–H and O–H groups in total. The van der Waals surface area contributed by atoms with Gasteiger partial charge in [-0.3, -0.25) is 19.6 Å². The summed E-state index contributed by atoms with van der Waals surface area (Å²) in [6.07, 6.45) is -2.89. The number of rotatable bonds is 5. The van der Waals surface area contributed by atoms with E-state index in [1.54, 1.807) is 0 Å². The molecule has 1 amide bonds. The first-order valence-electron chi connectivity index (χ1n) is 7.26. The van der Waals surface area contributed by atoms with Crippen LogP contribution in [0.4, 0.5) is 24.5 Å². The number of nitrogens with one attached hydrogen (secondary N) is 1. The zero-order valence-corrected chi connectivity index (χ0v) is 13.7. The van der Waals surface area contributed by atoms with Gasteiger partial charge >= 0.3 is 11.9 Å². The monoisotopic (exact) mass is 383 g/mol. The summed E-state index contributed by atoms with van der Waals surface area (Å²) in [6, 6.07) is 3.96. The van der Waals surface area contributed by atoms with Crippen LogP contribution < -0.4 is 5.32 Å². The molecule has 1 aromatic heterocycles. The van der Waals surface area contributed by atoms with Gasteiger partial charge < -0.3 is 10.4 Å². The standard InChI is InChI=1S/C15H12F3N5O4/c1-14(25,8-22-7-11(6-20-22)23(26)27)13(24)21-10-3-2-9(5-19)12(4-10)15(16,17)18/h2-4,6-7,25H,8H2,1H3,(H,21,24). The van der Waals surface area contributed by atoms with Crippen LogP contribution in [0, 0.1) is 21.4 Å². The first-order valence-corrected chi connectivity index (χ1v) is 7.26. The minimum Gasteiger partial charge on any atom is -0.378 e. The van der Waals surface area contributed by atoms with Crippen LogP contribution >= 0.6 is 0 Å². The number of amides is 1. The fourth-order valence-corrected chi connectivity index (χ4v) is 2.14. The second-order valence-electron chi connectivity index (χ2n) is 5.75. The van der Waals surface area contributed by atoms with Crippen molar-refractivity contribution in [2.75, 3.05) is 5.32 Å². The van der Waals surface area contributed by atoms with Crippen LogP contribution in [-0.4, -0.2) is 31.3 Å². The summed E-state index contributed by atoms with van der Waals surface area (Å²) in [5.74, 6) is -1.06. The minimum absolute atomic E-state index is 0.280. The molecule has 0 aliphatic carbocycles. The summed E-state index contributed by atoms with van der Waals surface area (Å²) in [4.78, 5) is 22.1. The number of nitrogens with zero attached hydrogens (tertiary/aromatic N) is 4. The van der Waals surface area contributed by atoms with Gasteiger partial charge in [0.05, 0.1) is 28.7 Å². The molecule has 0 aliphatic heterocycles. The number of hydrogen-bond acceptors (Lipinski definition) is 6. The highest BCUT2D eigenvalue weighted by molar-refractivity contribution is 5.96. The van der Waals surface area contributed by atoms with Crippen molar-refractivity contribution in [2.45, 2.75) is 25.2 Å². The molecule has 0 spiro atoms. The molecule has 0 bridgehead atoms. The van der Waals surface area contributed by atoms with Gasteiger partial charge in [-0.1, -0.05) is 0 Å². The number of aliphatic hydroxyl groups is 1. The average Bonchev–Trinajstić information content (AvgIpc) is 3.02. The number of nitro groups is 1. The van der Waals surface area contributed by atoms with Crippen LogP contribution in [0.25, 0.3) is 0 Å². The molecule has 1 atom stereocenters. The molecule has 2 aromatic rings. The predicted octanol–water partition coefficient (Wildman–Crippen LogP) is 2.07. The van der Waals surface area contributed by atoms with Gasteiger partial charge in [-0.2, -0.15) is 23.5 Å². The summed E-state index contributed by atoms with van der Waals surface area (Å²) >= 11 is 0. The summed E-state index contributed by atoms with van der Waals surface area (Å²) in [5.41, 5.74) is -4.61. The van der Waals surface area contributed by atoms with Gasteiger partial charge in [0.2, 0.25) is 0 Å². The highest BCUT2D eigenvalue weighted by Gasteiger charge is 2.35. The summed E-state index contributed by atoms with van der Waals surface area (Å²) in [6.45, 7) is 0.596. The van der Waals surface area contributed by atoms with E-state index in [-0.39, 0.29) is 11.4 Å². The molecular weight excluding hydrogens is 371 g/mol. The molecule has 0 saturated carbocycles. The Morgan fingerprint density at radius 3 is 2.67 bits per heavy atom. The first-order chi connectivity index (χ1) is 12.4. The Balaban J connectivity index is 2.20. The molecular formula is C15H12F3N5O4. The molecule has 0 fully saturated rings. The SMILES string of the molecule is CC(O)(Cn1cc([N+](=O)[O-])cn1)C(=O)Nc1ccc(C#N)c(C(F)(F)F)c1. The second-order valence-corrected chi connectivity index (χ2v) is 5.75. The van der Waals surface area contributed by atoms with Crippen LogP contribution in [0.5, 0.6) is 0 Å². The lowest BCUT2D eigenvalue weighted by molar-refractivity contribution is -0.385. The van der Waals surface area contributed by atoms with Crippen molar-refractivity contribution in [3.63, 3.8) is 0 Å². The fraction of sp³-hybridized carbons (Fsp3) is 0.267. The zero-order valence-electron chi connectivity index (χ0n) is 13.7. The molecule has 2 rings (SSSR count). The Morgan fingerprint density at radius 1 is 1.48 bits per heavy atom. The molecule has 12 heteroatoms. The van der Waals surface area contributed by atoms with E-state index >= 15 is 0 Å². The van der Waals surface area contributed by atoms with Crippen LogP contribution in [0.3, 0.4) is 0 Å². The van der Waals surface area contributed by atoms with Crippen molar-refractivity contribution < 1.29 is 28.0 Å². The van der Waals surface area contributed by atoms with Crippen molar-refractivity contribution in [2.24, 2.45) is 0 Å². The van der Waals surface area contributed by atoms with Gasteiger partial charge in [0, 0.05) is 5.69 Å². The number of hydrogen-bond donors (Lipinski definition) is 2. The van der Waals surface area contributed by atoms with Gasteiger partial charge in [-0.15, -0.1) is 0 Å². The topological polar surface area (TPSA) is 134 Å². The molecule has 9 nitrogen and oxygen atoms in total. The van der Waals surface area contributed by atoms with Crippen molar-refractivity contribution in [3.05, 3.63) is 51.8 Å². The predicted molar refractivity (Wildman–Crippen MR) is 84.3 cm³/mol. The molecule has 27 heavy (non-hydrogen) atoms. The van der Waals surface area contributed by atoms with E-state index in [1.807, 2.05) is 0 Å². The van der Waals surface area contributed by atoms with Crippen LogP contribution in [0.2, 0.25) is 0 Å². The van der Waals surface area contributed by atoms with Gasteiger partial charge in [0.15, 0.2) is 5.60 Å². The van der Waals surface area contributed by atoms with Crippen LogP contribution in [0.15, 0.2) is 30.6 Å². The minimum atomic E-state index is -4.80. The van der Waals surface area contributed by atoms with Crippen molar-refractivity contribution in [1.29, 1.82) is 5.26 Å². The third-order valence-corrected chi connectivity index (χ3v) is 3.49. The fourth-order valence-electron chi connectivity index (χ4n) is 2.14. The number of aromatic nitrogens is 2. The molecule has 0 aliphatic rings. The van der Waals surface area contributed by atoms with Crippen molar-refractivity contribution in [1.82, 2.24) is 9.78 Å². The van der Waals surface area contributed by atoms with Gasteiger partial charge in [0.25, 0.3) is 5.91 Å². The van der Waals surface area contributed by atoms with Crippen LogP contribution in [0.1, 0.15) is 18.1 Å². The lowest BCUT2D eigenvalue weighted by atomic mass is 10.0. The molecule has 142 valence electrons. The largest absolute Gasteiger partial charge is 0.417 e. The quantitative estimate of drug-likeness (QED) is 0.600. The van der Waals surface area contributed by atoms with Gasteiger partial charge in [0.1, 0.15) is 12.4 Å². The summed E-state index contributed by atoms with van der Waals surface area (Å²) in [5, 5.41) is 35.4. The first kappa shape index (κ1) is 19.9. The molecule has 1 heterocycles. The maximum Gasteiger partial charge on any atom is 0.417 e. The lowest BCUT2D eigenvalue weighted by Gasteiger charge is -2.22. The van der Waals surface area contributed by atoms with E-state index in [0.717, 1.165) is 36.1 Å². The smallest absolute Gasteiger partial charge is 0.378 e. The number of anilines is 1. The van der Waals surface area contributed by atoms with Crippen molar-refractivity contribution >= 4 is 17.3 Å². The number of carbonyl (C=O) groups excluding carboxylic acids is 1. The Kier molecular flexibility index (Phi) is 5.18. The summed E-state index contributed by atoms with van der Waals surface area (Å²) in [7, 11) is 0. The third kappa shape index (κ3) is 4.59. The number of nitriles is 1. The van der Waals surface area contributed by atoms with Crippen molar-refractivity contribution in [3.8, 4) is 6.07 Å². The Morgan fingerprint density at radius 2 is 2.15 bits per heavy atom. The lowest BCUT2D eigenvalue weighted by Crippen LogP contribution is -2.43. The van der Waals surface area contributed by atoms with E-state index in [0.29, 0.717) is 6.07 Å². The maximum atomic E-state index is 13.0. The van der Waals surface area contributed by atoms with Gasteiger partial charge in [-0.25, -0.2) is 0 Å². The van der Waals surface area contributed by atoms with E-state index in [1.165, 1.54) is 6.07 Å². The molecule has 1 aromatic carbocycles. The van der Waals surface area contributed by atoms with E-state index in [9.17, 15) is 33.2 Å². The van der Waals surface area contributed by atoms with E-state index in [4.69, 9.17) is 5.26 Å². The highest BCUT2D eigenvalue weighted by atomic mass is 19.4. The molecule has 1 unspecified atom stereocenters. The zero-order chi connectivity index (χ0) is 20.4. The van der Waals surface area contributed by atoms with E-state index < -0.39 is 40.3 Å². The Bertz CT molecular complexity index is 930.